The highest BCUT2D eigenvalue weighted by molar-refractivity contribution is 5.91. The van der Waals surface area contributed by atoms with E-state index < -0.39 is 0 Å². The van der Waals surface area contributed by atoms with E-state index in [9.17, 15) is 4.79 Å². The number of carbonyl (C=O) groups is 1. The molecule has 0 bridgehead atoms. The quantitative estimate of drug-likeness (QED) is 0.208. The van der Waals surface area contributed by atoms with Gasteiger partial charge in [-0.15, -0.1) is 0 Å². The van der Waals surface area contributed by atoms with Crippen molar-refractivity contribution in [3.63, 3.8) is 0 Å². The Morgan fingerprint density at radius 1 is 0.824 bits per heavy atom. The number of benzene rings is 1. The van der Waals surface area contributed by atoms with Gasteiger partial charge in [0.1, 0.15) is 11.5 Å². The topological polar surface area (TPSA) is 48.4 Å². The van der Waals surface area contributed by atoms with E-state index >= 15 is 0 Å². The Bertz CT molecular complexity index is 823. The van der Waals surface area contributed by atoms with Crippen LogP contribution in [-0.2, 0) is 6.42 Å². The molecule has 0 saturated heterocycles. The van der Waals surface area contributed by atoms with Gasteiger partial charge in [0.15, 0.2) is 0 Å². The molecule has 1 heterocycles. The van der Waals surface area contributed by atoms with Crippen molar-refractivity contribution in [1.29, 1.82) is 0 Å². The van der Waals surface area contributed by atoms with Crippen LogP contribution in [0.15, 0.2) is 42.6 Å². The third-order valence-corrected chi connectivity index (χ3v) is 7.11. The summed E-state index contributed by atoms with van der Waals surface area (Å²) in [6, 6.07) is 11.0. The highest BCUT2D eigenvalue weighted by atomic mass is 16.5. The lowest BCUT2D eigenvalue weighted by molar-refractivity contribution is 0.0734. The van der Waals surface area contributed by atoms with Gasteiger partial charge in [0.05, 0.1) is 18.4 Å². The minimum Gasteiger partial charge on any atom is -0.494 e. The van der Waals surface area contributed by atoms with Gasteiger partial charge in [-0.3, -0.25) is 4.98 Å². The molecular weight excluding hydrogens is 422 g/mol. The average Bonchev–Trinajstić information content (AvgIpc) is 2.88. The Kier molecular flexibility index (Phi) is 11.4. The fourth-order valence-corrected chi connectivity index (χ4v) is 4.84. The third-order valence-electron chi connectivity index (χ3n) is 7.11. The second kappa shape index (κ2) is 14.8. The Balaban J connectivity index is 1.37. The number of ether oxygens (including phenoxy) is 2. The second-order valence-corrected chi connectivity index (χ2v) is 9.88. The first-order valence-corrected chi connectivity index (χ1v) is 13.6. The fourth-order valence-electron chi connectivity index (χ4n) is 4.84. The normalized spacial score (nSPS) is 17.9. The van der Waals surface area contributed by atoms with Crippen molar-refractivity contribution in [2.75, 3.05) is 6.61 Å². The Morgan fingerprint density at radius 2 is 1.50 bits per heavy atom. The molecule has 0 spiro atoms. The van der Waals surface area contributed by atoms with Gasteiger partial charge in [-0.25, -0.2) is 4.79 Å². The number of hydrogen-bond acceptors (Lipinski definition) is 4. The number of esters is 1. The van der Waals surface area contributed by atoms with Crippen LogP contribution >= 0.6 is 0 Å². The number of pyridine rings is 1. The summed E-state index contributed by atoms with van der Waals surface area (Å²) in [5.41, 5.74) is 1.59. The molecule has 1 fully saturated rings. The average molecular weight is 466 g/mol. The molecule has 4 heteroatoms. The van der Waals surface area contributed by atoms with Gasteiger partial charge in [0, 0.05) is 5.69 Å². The van der Waals surface area contributed by atoms with E-state index in [4.69, 9.17) is 9.47 Å². The molecule has 1 aromatic carbocycles. The van der Waals surface area contributed by atoms with Crippen LogP contribution < -0.4 is 9.47 Å². The summed E-state index contributed by atoms with van der Waals surface area (Å²) in [5.74, 6) is 2.70. The molecule has 1 aliphatic rings. The first-order chi connectivity index (χ1) is 16.7. The van der Waals surface area contributed by atoms with Crippen molar-refractivity contribution in [1.82, 2.24) is 4.98 Å². The lowest BCUT2D eigenvalue weighted by Crippen LogP contribution is -2.15. The number of aryl methyl sites for hydroxylation is 1. The van der Waals surface area contributed by atoms with Crippen LogP contribution in [0.4, 0.5) is 0 Å². The predicted molar refractivity (Wildman–Crippen MR) is 139 cm³/mol. The van der Waals surface area contributed by atoms with E-state index in [1.54, 1.807) is 18.3 Å². The molecule has 1 aromatic heterocycles. The molecule has 0 amide bonds. The van der Waals surface area contributed by atoms with E-state index in [2.05, 4.69) is 18.8 Å². The minimum atomic E-state index is -0.371. The molecule has 3 rings (SSSR count). The molecule has 1 aliphatic carbocycles. The van der Waals surface area contributed by atoms with Gasteiger partial charge in [-0.05, 0) is 67.5 Å². The SMILES string of the molecule is CCCCCCOc1ccc(C(=O)Oc2ccc(CC[C@H]3CC[C@H](CCCC)CC3)nc2)cc1. The van der Waals surface area contributed by atoms with Crippen LogP contribution in [0.3, 0.4) is 0 Å². The first kappa shape index (κ1) is 26.2. The Hall–Kier alpha value is -2.36. The molecule has 1 saturated carbocycles. The number of hydrogen-bond donors (Lipinski definition) is 0. The summed E-state index contributed by atoms with van der Waals surface area (Å²) in [6.07, 6.45) is 18.2. The summed E-state index contributed by atoms with van der Waals surface area (Å²) in [7, 11) is 0. The zero-order valence-electron chi connectivity index (χ0n) is 21.3. The number of carbonyl (C=O) groups excluding carboxylic acids is 1. The van der Waals surface area contributed by atoms with Gasteiger partial charge < -0.3 is 9.47 Å². The van der Waals surface area contributed by atoms with Crippen LogP contribution in [-0.4, -0.2) is 17.6 Å². The van der Waals surface area contributed by atoms with Gasteiger partial charge in [0.25, 0.3) is 0 Å². The molecular formula is C30H43NO3. The van der Waals surface area contributed by atoms with Crippen molar-refractivity contribution in [2.24, 2.45) is 11.8 Å². The summed E-state index contributed by atoms with van der Waals surface area (Å²) in [4.78, 5) is 17.0. The first-order valence-electron chi connectivity index (χ1n) is 13.6. The second-order valence-electron chi connectivity index (χ2n) is 9.88. The highest BCUT2D eigenvalue weighted by Crippen LogP contribution is 2.34. The van der Waals surface area contributed by atoms with Crippen LogP contribution in [0.25, 0.3) is 0 Å². The summed E-state index contributed by atoms with van der Waals surface area (Å²) in [6.45, 7) is 5.19. The minimum absolute atomic E-state index is 0.371. The lowest BCUT2D eigenvalue weighted by Gasteiger charge is -2.28. The van der Waals surface area contributed by atoms with E-state index in [1.807, 2.05) is 24.3 Å². The van der Waals surface area contributed by atoms with Crippen molar-refractivity contribution >= 4 is 5.97 Å². The number of nitrogens with zero attached hydrogens (tertiary/aromatic N) is 1. The summed E-state index contributed by atoms with van der Waals surface area (Å²) < 4.78 is 11.3. The standard InChI is InChI=1S/C30H43NO3/c1-3-5-7-8-22-33-28-19-15-26(16-20-28)30(32)34-29-21-18-27(31-23-29)17-14-25-12-10-24(11-13-25)9-6-4-2/h15-16,18-21,23-25H,3-14,17,22H2,1-2H3/t24-,25-. The largest absolute Gasteiger partial charge is 0.494 e. The van der Waals surface area contributed by atoms with Gasteiger partial charge in [-0.2, -0.15) is 0 Å². The maximum Gasteiger partial charge on any atom is 0.343 e. The molecule has 186 valence electrons. The Labute approximate surface area is 206 Å². The van der Waals surface area contributed by atoms with E-state index in [1.165, 1.54) is 70.6 Å². The molecule has 0 N–H and O–H groups in total. The maximum atomic E-state index is 12.5. The smallest absolute Gasteiger partial charge is 0.343 e. The molecule has 0 atom stereocenters. The lowest BCUT2D eigenvalue weighted by atomic mass is 9.78. The van der Waals surface area contributed by atoms with E-state index in [0.717, 1.165) is 36.1 Å². The van der Waals surface area contributed by atoms with Crippen LogP contribution in [0, 0.1) is 11.8 Å². The predicted octanol–water partition coefficient (Wildman–Crippen LogP) is 8.19. The van der Waals surface area contributed by atoms with Gasteiger partial charge in [0.2, 0.25) is 0 Å². The van der Waals surface area contributed by atoms with Crippen LogP contribution in [0.1, 0.15) is 107 Å². The van der Waals surface area contributed by atoms with Crippen molar-refractivity contribution < 1.29 is 14.3 Å². The third kappa shape index (κ3) is 9.12. The van der Waals surface area contributed by atoms with Crippen LogP contribution in [0.5, 0.6) is 11.5 Å². The highest BCUT2D eigenvalue weighted by Gasteiger charge is 2.20. The molecule has 34 heavy (non-hydrogen) atoms. The van der Waals surface area contributed by atoms with Gasteiger partial charge >= 0.3 is 5.97 Å². The van der Waals surface area contributed by atoms with Crippen molar-refractivity contribution in [3.8, 4) is 11.5 Å². The van der Waals surface area contributed by atoms with Crippen LogP contribution in [0.2, 0.25) is 0 Å². The zero-order chi connectivity index (χ0) is 24.0. The van der Waals surface area contributed by atoms with Crippen molar-refractivity contribution in [3.05, 3.63) is 53.9 Å². The van der Waals surface area contributed by atoms with Gasteiger partial charge in [-0.1, -0.05) is 78.1 Å². The number of unbranched alkanes of at least 4 members (excludes halogenated alkanes) is 4. The summed E-state index contributed by atoms with van der Waals surface area (Å²) >= 11 is 0. The molecule has 0 aliphatic heterocycles. The number of aromatic nitrogens is 1. The summed E-state index contributed by atoms with van der Waals surface area (Å²) in [5, 5.41) is 0. The van der Waals surface area contributed by atoms with E-state index in [0.29, 0.717) is 17.9 Å². The molecule has 2 aromatic rings. The molecule has 4 nitrogen and oxygen atoms in total. The zero-order valence-corrected chi connectivity index (χ0v) is 21.3. The molecule has 0 unspecified atom stereocenters. The van der Waals surface area contributed by atoms with E-state index in [-0.39, 0.29) is 5.97 Å². The maximum absolute atomic E-state index is 12.5. The Morgan fingerprint density at radius 3 is 2.15 bits per heavy atom. The monoisotopic (exact) mass is 465 g/mol. The fraction of sp³-hybridized carbons (Fsp3) is 0.600. The molecule has 0 radical (unpaired) electrons. The number of rotatable bonds is 14. The van der Waals surface area contributed by atoms with Crippen molar-refractivity contribution in [2.45, 2.75) is 97.3 Å².